The minimum atomic E-state index is -0.652. The Hall–Kier alpha value is -2.78. The van der Waals surface area contributed by atoms with Gasteiger partial charge >= 0.3 is 5.97 Å². The topological polar surface area (TPSA) is 76.3 Å². The zero-order valence-electron chi connectivity index (χ0n) is 15.8. The molecule has 0 amide bonds. The molecule has 27 heavy (non-hydrogen) atoms. The van der Waals surface area contributed by atoms with Gasteiger partial charge in [0.05, 0.1) is 16.9 Å². The van der Waals surface area contributed by atoms with E-state index in [4.69, 9.17) is 9.47 Å². The summed E-state index contributed by atoms with van der Waals surface area (Å²) in [5.74, 6) is 0.309. The quantitative estimate of drug-likeness (QED) is 0.785. The van der Waals surface area contributed by atoms with Crippen molar-refractivity contribution >= 4 is 5.97 Å². The number of benzene rings is 1. The van der Waals surface area contributed by atoms with Crippen molar-refractivity contribution in [2.75, 3.05) is 13.1 Å². The van der Waals surface area contributed by atoms with Crippen LogP contribution in [0.1, 0.15) is 55.4 Å². The molecule has 0 saturated carbocycles. The molecule has 1 aromatic heterocycles. The first-order valence-electron chi connectivity index (χ1n) is 9.23. The van der Waals surface area contributed by atoms with Crippen LogP contribution in [0.3, 0.4) is 0 Å². The molecular formula is C21H23N3O3. The molecule has 2 aliphatic heterocycles. The fraction of sp³-hybridized carbons (Fsp3) is 0.429. The van der Waals surface area contributed by atoms with Gasteiger partial charge in [-0.2, -0.15) is 5.26 Å². The van der Waals surface area contributed by atoms with Crippen molar-refractivity contribution in [3.8, 4) is 17.5 Å². The van der Waals surface area contributed by atoms with Gasteiger partial charge < -0.3 is 14.8 Å². The van der Waals surface area contributed by atoms with Gasteiger partial charge in [-0.15, -0.1) is 0 Å². The molecule has 1 spiro atoms. The molecule has 0 bridgehead atoms. The first-order chi connectivity index (χ1) is 12.8. The van der Waals surface area contributed by atoms with E-state index in [2.05, 4.69) is 11.4 Å². The Morgan fingerprint density at radius 2 is 2.00 bits per heavy atom. The minimum absolute atomic E-state index is 0.415. The van der Waals surface area contributed by atoms with Crippen LogP contribution in [-0.2, 0) is 10.3 Å². The van der Waals surface area contributed by atoms with Gasteiger partial charge in [0.15, 0.2) is 5.60 Å². The fourth-order valence-electron chi connectivity index (χ4n) is 3.94. The van der Waals surface area contributed by atoms with Gasteiger partial charge in [-0.3, -0.25) is 4.57 Å². The lowest BCUT2D eigenvalue weighted by Crippen LogP contribution is -2.48. The van der Waals surface area contributed by atoms with Crippen molar-refractivity contribution < 1.29 is 14.3 Å². The highest BCUT2D eigenvalue weighted by Gasteiger charge is 2.47. The number of hydrogen-bond acceptors (Lipinski definition) is 5. The number of carbonyl (C=O) groups excluding carboxylic acids is 1. The number of para-hydroxylation sites is 2. The van der Waals surface area contributed by atoms with Crippen molar-refractivity contribution in [1.82, 2.24) is 9.88 Å². The zero-order valence-corrected chi connectivity index (χ0v) is 15.8. The number of rotatable bonds is 1. The number of fused-ring (bicyclic) bond motifs is 4. The predicted octanol–water partition coefficient (Wildman–Crippen LogP) is 3.28. The van der Waals surface area contributed by atoms with Gasteiger partial charge in [-0.05, 0) is 52.1 Å². The van der Waals surface area contributed by atoms with Crippen molar-refractivity contribution in [2.45, 2.75) is 44.8 Å². The summed E-state index contributed by atoms with van der Waals surface area (Å²) in [7, 11) is 0. The summed E-state index contributed by atoms with van der Waals surface area (Å²) >= 11 is 0. The summed E-state index contributed by atoms with van der Waals surface area (Å²) in [5, 5.41) is 13.1. The van der Waals surface area contributed by atoms with Crippen molar-refractivity contribution in [2.24, 2.45) is 0 Å². The molecule has 0 radical (unpaired) electrons. The number of aromatic nitrogens is 1. The maximum atomic E-state index is 13.0. The summed E-state index contributed by atoms with van der Waals surface area (Å²) in [6, 6.07) is 11.5. The number of esters is 1. The van der Waals surface area contributed by atoms with Crippen LogP contribution in [0.2, 0.25) is 0 Å². The van der Waals surface area contributed by atoms with Crippen LogP contribution in [0.15, 0.2) is 30.3 Å². The average Bonchev–Trinajstić information content (AvgIpc) is 3.02. The standard InChI is InChI=1S/C21H23N3O3/c1-20(2,3)27-19(25)15-12-14(13-22)24-16-6-4-5-7-17(16)26-21(18(15)24)8-10-23-11-9-21/h4-7,12,23H,8-11H2,1-3H3. The Morgan fingerprint density at radius 1 is 1.30 bits per heavy atom. The summed E-state index contributed by atoms with van der Waals surface area (Å²) < 4.78 is 14.0. The number of nitriles is 1. The first kappa shape index (κ1) is 17.6. The molecule has 2 aromatic rings. The summed E-state index contributed by atoms with van der Waals surface area (Å²) in [5.41, 5.74) is 1.07. The molecule has 1 aromatic carbocycles. The molecule has 140 valence electrons. The van der Waals surface area contributed by atoms with Crippen LogP contribution in [0, 0.1) is 11.3 Å². The average molecular weight is 365 g/mol. The van der Waals surface area contributed by atoms with Crippen molar-refractivity contribution in [1.29, 1.82) is 5.26 Å². The number of carbonyl (C=O) groups is 1. The zero-order chi connectivity index (χ0) is 19.2. The Bertz CT molecular complexity index is 941. The Morgan fingerprint density at radius 3 is 2.67 bits per heavy atom. The number of nitrogens with one attached hydrogen (secondary N) is 1. The molecule has 6 nitrogen and oxygen atoms in total. The number of hydrogen-bond donors (Lipinski definition) is 1. The fourth-order valence-corrected chi connectivity index (χ4v) is 3.94. The third-order valence-corrected chi connectivity index (χ3v) is 4.99. The second-order valence-corrected chi connectivity index (χ2v) is 8.06. The van der Waals surface area contributed by atoms with Crippen LogP contribution < -0.4 is 10.1 Å². The Kier molecular flexibility index (Phi) is 4.01. The summed E-state index contributed by atoms with van der Waals surface area (Å²) in [6.07, 6.45) is 1.43. The lowest BCUT2D eigenvalue weighted by molar-refractivity contribution is 0.00127. The second-order valence-electron chi connectivity index (χ2n) is 8.06. The maximum Gasteiger partial charge on any atom is 0.340 e. The third kappa shape index (κ3) is 2.88. The van der Waals surface area contributed by atoms with Gasteiger partial charge in [0.25, 0.3) is 0 Å². The third-order valence-electron chi connectivity index (χ3n) is 4.99. The SMILES string of the molecule is CC(C)(C)OC(=O)c1cc(C#N)n2c1C1(CCNCC1)Oc1ccccc1-2. The Balaban J connectivity index is 1.96. The molecule has 2 aliphatic rings. The molecule has 1 fully saturated rings. The van der Waals surface area contributed by atoms with Gasteiger partial charge in [0.2, 0.25) is 0 Å². The highest BCUT2D eigenvalue weighted by Crippen LogP contribution is 2.46. The number of ether oxygens (including phenoxy) is 2. The summed E-state index contributed by atoms with van der Waals surface area (Å²) in [6.45, 7) is 7.08. The molecule has 0 atom stereocenters. The molecular weight excluding hydrogens is 342 g/mol. The van der Waals surface area contributed by atoms with E-state index in [1.54, 1.807) is 6.07 Å². The van der Waals surface area contributed by atoms with E-state index < -0.39 is 17.2 Å². The molecule has 1 saturated heterocycles. The van der Waals surface area contributed by atoms with Crippen molar-refractivity contribution in [3.05, 3.63) is 47.3 Å². The molecule has 0 aliphatic carbocycles. The van der Waals surface area contributed by atoms with Crippen molar-refractivity contribution in [3.63, 3.8) is 0 Å². The van der Waals surface area contributed by atoms with Crippen LogP contribution in [-0.4, -0.2) is 29.2 Å². The van der Waals surface area contributed by atoms with E-state index in [1.807, 2.05) is 49.6 Å². The van der Waals surface area contributed by atoms with Crippen LogP contribution in [0.25, 0.3) is 5.69 Å². The molecule has 1 N–H and O–H groups in total. The number of piperidine rings is 1. The van der Waals surface area contributed by atoms with Crippen LogP contribution in [0.5, 0.6) is 5.75 Å². The van der Waals surface area contributed by atoms with E-state index in [0.29, 0.717) is 24.1 Å². The molecule has 3 heterocycles. The Labute approximate surface area is 158 Å². The largest absolute Gasteiger partial charge is 0.479 e. The monoisotopic (exact) mass is 365 g/mol. The summed E-state index contributed by atoms with van der Waals surface area (Å²) in [4.78, 5) is 13.0. The van der Waals surface area contributed by atoms with Gasteiger partial charge in [0.1, 0.15) is 23.1 Å². The van der Waals surface area contributed by atoms with Gasteiger partial charge in [-0.25, -0.2) is 4.79 Å². The molecule has 4 rings (SSSR count). The van der Waals surface area contributed by atoms with E-state index in [1.165, 1.54) is 0 Å². The highest BCUT2D eigenvalue weighted by atomic mass is 16.6. The minimum Gasteiger partial charge on any atom is -0.479 e. The maximum absolute atomic E-state index is 13.0. The van der Waals surface area contributed by atoms with Crippen LogP contribution >= 0.6 is 0 Å². The highest BCUT2D eigenvalue weighted by molar-refractivity contribution is 5.93. The van der Waals surface area contributed by atoms with E-state index >= 15 is 0 Å². The number of nitrogens with zero attached hydrogens (tertiary/aromatic N) is 2. The van der Waals surface area contributed by atoms with E-state index in [0.717, 1.165) is 30.2 Å². The van der Waals surface area contributed by atoms with E-state index in [-0.39, 0.29) is 0 Å². The lowest BCUT2D eigenvalue weighted by Gasteiger charge is -2.43. The van der Waals surface area contributed by atoms with Gasteiger partial charge in [-0.1, -0.05) is 12.1 Å². The lowest BCUT2D eigenvalue weighted by atomic mass is 9.85. The van der Waals surface area contributed by atoms with E-state index in [9.17, 15) is 10.1 Å². The molecule has 6 heteroatoms. The molecule has 0 unspecified atom stereocenters. The first-order valence-corrected chi connectivity index (χ1v) is 9.23. The normalized spacial score (nSPS) is 17.4. The van der Waals surface area contributed by atoms with Crippen LogP contribution in [0.4, 0.5) is 0 Å². The van der Waals surface area contributed by atoms with Gasteiger partial charge in [0, 0.05) is 12.8 Å². The smallest absolute Gasteiger partial charge is 0.340 e. The predicted molar refractivity (Wildman–Crippen MR) is 100 cm³/mol. The second kappa shape index (κ2) is 6.14.